The molecule has 0 atom stereocenters. The van der Waals surface area contributed by atoms with Gasteiger partial charge in [-0.25, -0.2) is 15.0 Å². The van der Waals surface area contributed by atoms with Crippen molar-refractivity contribution in [1.29, 1.82) is 0 Å². The number of para-hydroxylation sites is 2. The maximum Gasteiger partial charge on any atom is 0.164 e. The van der Waals surface area contributed by atoms with Crippen molar-refractivity contribution in [1.82, 2.24) is 15.0 Å². The Kier molecular flexibility index (Phi) is 6.56. The number of nitrogens with zero attached hydrogens (tertiary/aromatic N) is 3. The number of hydrogen-bond acceptors (Lipinski definition) is 5. The molecule has 12 rings (SSSR count). The molecule has 0 amide bonds. The molecule has 5 nitrogen and oxygen atoms in total. The minimum Gasteiger partial charge on any atom is -0.456 e. The molecular formula is C51H29N3O2. The zero-order chi connectivity index (χ0) is 36.7. The van der Waals surface area contributed by atoms with E-state index in [0.717, 1.165) is 98.6 Å². The van der Waals surface area contributed by atoms with Crippen LogP contribution >= 0.6 is 0 Å². The Morgan fingerprint density at radius 1 is 0.304 bits per heavy atom. The van der Waals surface area contributed by atoms with Crippen LogP contribution in [-0.4, -0.2) is 15.0 Å². The molecule has 260 valence electrons. The maximum atomic E-state index is 6.71. The average molecular weight is 716 g/mol. The van der Waals surface area contributed by atoms with Crippen molar-refractivity contribution >= 4 is 76.2 Å². The summed E-state index contributed by atoms with van der Waals surface area (Å²) in [6.45, 7) is 0. The van der Waals surface area contributed by atoms with Gasteiger partial charge in [0.2, 0.25) is 0 Å². The van der Waals surface area contributed by atoms with Gasteiger partial charge in [-0.2, -0.15) is 0 Å². The topological polar surface area (TPSA) is 65.0 Å². The summed E-state index contributed by atoms with van der Waals surface area (Å²) in [6, 6.07) is 61.0. The van der Waals surface area contributed by atoms with Crippen molar-refractivity contribution in [3.63, 3.8) is 0 Å². The Labute approximate surface area is 320 Å². The van der Waals surface area contributed by atoms with E-state index in [1.807, 2.05) is 30.3 Å². The van der Waals surface area contributed by atoms with Crippen LogP contribution in [0.15, 0.2) is 185 Å². The van der Waals surface area contributed by atoms with Crippen molar-refractivity contribution in [2.45, 2.75) is 0 Å². The summed E-state index contributed by atoms with van der Waals surface area (Å²) in [6.07, 6.45) is 0. The van der Waals surface area contributed by atoms with Crippen LogP contribution in [0.4, 0.5) is 0 Å². The lowest BCUT2D eigenvalue weighted by molar-refractivity contribution is 0.669. The van der Waals surface area contributed by atoms with E-state index in [9.17, 15) is 0 Å². The molecule has 3 aromatic heterocycles. The molecule has 0 saturated heterocycles. The smallest absolute Gasteiger partial charge is 0.164 e. The van der Waals surface area contributed by atoms with Crippen LogP contribution < -0.4 is 0 Å². The largest absolute Gasteiger partial charge is 0.456 e. The van der Waals surface area contributed by atoms with E-state index in [1.54, 1.807) is 0 Å². The van der Waals surface area contributed by atoms with Crippen LogP contribution in [0.2, 0.25) is 0 Å². The van der Waals surface area contributed by atoms with Crippen molar-refractivity contribution < 1.29 is 8.83 Å². The van der Waals surface area contributed by atoms with Crippen LogP contribution in [0.1, 0.15) is 0 Å². The Morgan fingerprint density at radius 2 is 0.893 bits per heavy atom. The van der Waals surface area contributed by atoms with Crippen LogP contribution in [-0.2, 0) is 0 Å². The summed E-state index contributed by atoms with van der Waals surface area (Å²) in [5.74, 6) is 1.80. The summed E-state index contributed by atoms with van der Waals surface area (Å²) >= 11 is 0. The number of aromatic nitrogens is 3. The first-order chi connectivity index (χ1) is 27.7. The molecule has 0 aliphatic heterocycles. The highest BCUT2D eigenvalue weighted by Gasteiger charge is 2.20. The van der Waals surface area contributed by atoms with Gasteiger partial charge < -0.3 is 8.83 Å². The first kappa shape index (κ1) is 30.8. The lowest BCUT2D eigenvalue weighted by Gasteiger charge is -2.12. The lowest BCUT2D eigenvalue weighted by Crippen LogP contribution is -2.01. The van der Waals surface area contributed by atoms with Crippen molar-refractivity contribution in [2.24, 2.45) is 0 Å². The third kappa shape index (κ3) is 4.71. The average Bonchev–Trinajstić information content (AvgIpc) is 3.85. The third-order valence-electron chi connectivity index (χ3n) is 11.1. The van der Waals surface area contributed by atoms with Gasteiger partial charge in [0, 0.05) is 49.2 Å². The Bertz CT molecular complexity index is 3560. The van der Waals surface area contributed by atoms with E-state index >= 15 is 0 Å². The SMILES string of the molecule is c1ccc2cc(-c3nc(-c4cccc5cc(-c6cccc7c6oc6c8ccccc8ccc76)ccc45)nc(-c4cccc5oc6ccccc6c45)n3)ccc2c1. The van der Waals surface area contributed by atoms with Crippen molar-refractivity contribution in [2.75, 3.05) is 0 Å². The molecule has 3 heterocycles. The minimum atomic E-state index is 0.591. The van der Waals surface area contributed by atoms with E-state index in [2.05, 4.69) is 146 Å². The molecule has 0 aliphatic rings. The Morgan fingerprint density at radius 3 is 1.82 bits per heavy atom. The molecule has 0 aliphatic carbocycles. The minimum absolute atomic E-state index is 0.591. The van der Waals surface area contributed by atoms with Crippen LogP contribution in [0.25, 0.3) is 121 Å². The van der Waals surface area contributed by atoms with Gasteiger partial charge in [-0.15, -0.1) is 0 Å². The predicted octanol–water partition coefficient (Wildman–Crippen LogP) is 13.8. The summed E-state index contributed by atoms with van der Waals surface area (Å²) in [5.41, 5.74) is 8.31. The summed E-state index contributed by atoms with van der Waals surface area (Å²) in [5, 5.41) is 10.9. The fourth-order valence-corrected chi connectivity index (χ4v) is 8.44. The monoisotopic (exact) mass is 715 g/mol. The molecule has 12 aromatic rings. The zero-order valence-electron chi connectivity index (χ0n) is 29.9. The van der Waals surface area contributed by atoms with Gasteiger partial charge in [-0.3, -0.25) is 0 Å². The molecular weight excluding hydrogens is 687 g/mol. The zero-order valence-corrected chi connectivity index (χ0v) is 29.9. The molecule has 0 unspecified atom stereocenters. The lowest BCUT2D eigenvalue weighted by atomic mass is 9.96. The van der Waals surface area contributed by atoms with Crippen LogP contribution in [0.5, 0.6) is 0 Å². The molecule has 0 bridgehead atoms. The number of rotatable bonds is 4. The molecule has 56 heavy (non-hydrogen) atoms. The Balaban J connectivity index is 1.05. The van der Waals surface area contributed by atoms with E-state index in [-0.39, 0.29) is 0 Å². The molecule has 0 spiro atoms. The number of benzene rings is 9. The van der Waals surface area contributed by atoms with E-state index in [4.69, 9.17) is 23.8 Å². The second-order valence-electron chi connectivity index (χ2n) is 14.3. The molecule has 9 aromatic carbocycles. The van der Waals surface area contributed by atoms with Gasteiger partial charge in [-0.05, 0) is 62.8 Å². The number of hydrogen-bond donors (Lipinski definition) is 0. The molecule has 0 saturated carbocycles. The maximum absolute atomic E-state index is 6.71. The van der Waals surface area contributed by atoms with E-state index < -0.39 is 0 Å². The highest BCUT2D eigenvalue weighted by atomic mass is 16.3. The van der Waals surface area contributed by atoms with Crippen molar-refractivity contribution in [3.05, 3.63) is 176 Å². The number of furan rings is 2. The van der Waals surface area contributed by atoms with Gasteiger partial charge in [0.05, 0.1) is 0 Å². The highest BCUT2D eigenvalue weighted by Crippen LogP contribution is 2.41. The van der Waals surface area contributed by atoms with Gasteiger partial charge >= 0.3 is 0 Å². The second kappa shape index (κ2) is 11.9. The number of fused-ring (bicyclic) bond motifs is 10. The van der Waals surface area contributed by atoms with Gasteiger partial charge in [0.1, 0.15) is 22.3 Å². The first-order valence-corrected chi connectivity index (χ1v) is 18.8. The molecule has 0 radical (unpaired) electrons. The third-order valence-corrected chi connectivity index (χ3v) is 11.1. The quantitative estimate of drug-likeness (QED) is 0.181. The first-order valence-electron chi connectivity index (χ1n) is 18.8. The van der Waals surface area contributed by atoms with Gasteiger partial charge in [0.25, 0.3) is 0 Å². The van der Waals surface area contributed by atoms with Crippen molar-refractivity contribution in [3.8, 4) is 45.3 Å². The fourth-order valence-electron chi connectivity index (χ4n) is 8.44. The summed E-state index contributed by atoms with van der Waals surface area (Å²) in [7, 11) is 0. The Hall–Kier alpha value is -7.63. The van der Waals surface area contributed by atoms with Crippen LogP contribution in [0, 0.1) is 0 Å². The normalized spacial score (nSPS) is 11.9. The van der Waals surface area contributed by atoms with Crippen LogP contribution in [0.3, 0.4) is 0 Å². The van der Waals surface area contributed by atoms with E-state index in [0.29, 0.717) is 17.5 Å². The van der Waals surface area contributed by atoms with E-state index in [1.165, 1.54) is 5.39 Å². The predicted molar refractivity (Wildman–Crippen MR) is 229 cm³/mol. The fraction of sp³-hybridized carbons (Fsp3) is 0. The standard InChI is InChI=1S/C51H29N3O2/c1-2-12-32-28-35(23-22-30(32)10-1)49-52-50(54-51(53-49)43-19-9-21-45-46(43)42-15-5-6-20-44(42)55-45)41-18-7-13-33-29-34(25-26-36(33)41)38-16-8-17-39-40-27-24-31-11-3-4-14-37(31)47(40)56-48(38)39/h1-29H. The van der Waals surface area contributed by atoms with Gasteiger partial charge in [0.15, 0.2) is 17.5 Å². The summed E-state index contributed by atoms with van der Waals surface area (Å²) in [4.78, 5) is 15.6. The molecule has 0 N–H and O–H groups in total. The van der Waals surface area contributed by atoms with Gasteiger partial charge in [-0.1, -0.05) is 146 Å². The highest BCUT2D eigenvalue weighted by molar-refractivity contribution is 6.17. The molecule has 0 fully saturated rings. The second-order valence-corrected chi connectivity index (χ2v) is 14.3. The summed E-state index contributed by atoms with van der Waals surface area (Å²) < 4.78 is 13.0. The molecule has 5 heteroatoms.